The van der Waals surface area contributed by atoms with E-state index < -0.39 is 12.1 Å². The van der Waals surface area contributed by atoms with Crippen LogP contribution < -0.4 is 4.74 Å². The van der Waals surface area contributed by atoms with Gasteiger partial charge in [0.25, 0.3) is 0 Å². The van der Waals surface area contributed by atoms with E-state index in [4.69, 9.17) is 9.84 Å². The molecule has 0 amide bonds. The zero-order valence-electron chi connectivity index (χ0n) is 12.7. The first-order chi connectivity index (χ1) is 10.6. The third kappa shape index (κ3) is 4.45. The minimum atomic E-state index is -0.985. The molecule has 0 saturated carbocycles. The van der Waals surface area contributed by atoms with Crippen LogP contribution in [0, 0.1) is 0 Å². The number of rotatable bonds is 6. The van der Waals surface area contributed by atoms with Crippen LogP contribution in [0.5, 0.6) is 5.75 Å². The summed E-state index contributed by atoms with van der Waals surface area (Å²) < 4.78 is 5.28. The highest BCUT2D eigenvalue weighted by atomic mass is 16.5. The van der Waals surface area contributed by atoms with Gasteiger partial charge in [0.05, 0.1) is 5.69 Å². The molecular formula is C18H19NO3. The molecule has 0 radical (unpaired) electrons. The number of aryl methyl sites for hydroxylation is 1. The fraction of sp³-hybridized carbons (Fsp3) is 0.222. The summed E-state index contributed by atoms with van der Waals surface area (Å²) in [6, 6.07) is 15.3. The number of carboxylic acid groups (broad SMARTS) is 1. The average molecular weight is 297 g/mol. The van der Waals surface area contributed by atoms with E-state index in [1.54, 1.807) is 18.3 Å². The van der Waals surface area contributed by atoms with E-state index in [1.165, 1.54) is 12.5 Å². The minimum absolute atomic E-state index is 0.527. The lowest BCUT2D eigenvalue weighted by molar-refractivity contribution is -0.144. The van der Waals surface area contributed by atoms with Crippen molar-refractivity contribution < 1.29 is 14.6 Å². The van der Waals surface area contributed by atoms with Gasteiger partial charge in [-0.05, 0) is 60.9 Å². The second-order valence-corrected chi connectivity index (χ2v) is 4.95. The number of carboxylic acids is 1. The summed E-state index contributed by atoms with van der Waals surface area (Å²) in [6.45, 7) is 3.62. The van der Waals surface area contributed by atoms with Crippen LogP contribution in [-0.2, 0) is 11.2 Å². The highest BCUT2D eigenvalue weighted by Crippen LogP contribution is 2.16. The van der Waals surface area contributed by atoms with Gasteiger partial charge in [0.1, 0.15) is 5.75 Å². The normalized spacial score (nSPS) is 12.3. The quantitative estimate of drug-likeness (QED) is 0.824. The van der Waals surface area contributed by atoms with E-state index in [0.717, 1.165) is 17.7 Å². The van der Waals surface area contributed by atoms with E-state index in [-0.39, 0.29) is 0 Å². The van der Waals surface area contributed by atoms with Crippen molar-refractivity contribution >= 4 is 17.9 Å². The number of ether oxygens (including phenoxy) is 1. The molecule has 0 aliphatic rings. The van der Waals surface area contributed by atoms with Crippen LogP contribution in [-0.4, -0.2) is 23.4 Å². The second kappa shape index (κ2) is 7.41. The van der Waals surface area contributed by atoms with Gasteiger partial charge in [-0.15, -0.1) is 0 Å². The van der Waals surface area contributed by atoms with Crippen molar-refractivity contribution in [1.82, 2.24) is 0 Å². The zero-order chi connectivity index (χ0) is 15.9. The lowest BCUT2D eigenvalue weighted by Gasteiger charge is -2.09. The van der Waals surface area contributed by atoms with Gasteiger partial charge in [-0.3, -0.25) is 4.99 Å². The van der Waals surface area contributed by atoms with Crippen molar-refractivity contribution in [3.8, 4) is 5.75 Å². The fourth-order valence-corrected chi connectivity index (χ4v) is 1.85. The molecule has 0 spiro atoms. The highest BCUT2D eigenvalue weighted by Gasteiger charge is 2.11. The molecule has 0 aliphatic carbocycles. The Morgan fingerprint density at radius 2 is 1.82 bits per heavy atom. The molecule has 2 aromatic carbocycles. The molecule has 0 aliphatic heterocycles. The number of aliphatic imine (C=N–C) groups is 1. The molecule has 0 heterocycles. The summed E-state index contributed by atoms with van der Waals surface area (Å²) >= 11 is 0. The molecule has 0 saturated heterocycles. The van der Waals surface area contributed by atoms with Crippen LogP contribution in [0.4, 0.5) is 5.69 Å². The molecule has 0 unspecified atom stereocenters. The van der Waals surface area contributed by atoms with E-state index in [0.29, 0.717) is 5.75 Å². The molecule has 4 heteroatoms. The average Bonchev–Trinajstić information content (AvgIpc) is 2.54. The molecule has 114 valence electrons. The molecule has 2 rings (SSSR count). The van der Waals surface area contributed by atoms with Crippen molar-refractivity contribution in [2.75, 3.05) is 0 Å². The van der Waals surface area contributed by atoms with Crippen LogP contribution in [0.1, 0.15) is 25.0 Å². The molecule has 22 heavy (non-hydrogen) atoms. The lowest BCUT2D eigenvalue weighted by Crippen LogP contribution is -2.22. The Kier molecular flexibility index (Phi) is 5.31. The molecular weight excluding hydrogens is 278 g/mol. The molecule has 0 fully saturated rings. The first kappa shape index (κ1) is 15.8. The third-order valence-corrected chi connectivity index (χ3v) is 3.25. The predicted molar refractivity (Wildman–Crippen MR) is 87.2 cm³/mol. The van der Waals surface area contributed by atoms with Gasteiger partial charge in [0.2, 0.25) is 0 Å². The van der Waals surface area contributed by atoms with Crippen molar-refractivity contribution in [3.05, 3.63) is 59.7 Å². The Labute approximate surface area is 130 Å². The largest absolute Gasteiger partial charge is 0.479 e. The maximum Gasteiger partial charge on any atom is 0.344 e. The first-order valence-electron chi connectivity index (χ1n) is 7.21. The maximum atomic E-state index is 10.7. The summed E-state index contributed by atoms with van der Waals surface area (Å²) in [6.07, 6.45) is 1.92. The van der Waals surface area contributed by atoms with Crippen LogP contribution in [0.2, 0.25) is 0 Å². The van der Waals surface area contributed by atoms with Crippen molar-refractivity contribution in [2.45, 2.75) is 26.4 Å². The second-order valence-electron chi connectivity index (χ2n) is 4.95. The number of hydrogen-bond donors (Lipinski definition) is 1. The van der Waals surface area contributed by atoms with Gasteiger partial charge in [0.15, 0.2) is 6.10 Å². The lowest BCUT2D eigenvalue weighted by atomic mass is 10.1. The molecule has 1 N–H and O–H groups in total. The van der Waals surface area contributed by atoms with Gasteiger partial charge >= 0.3 is 5.97 Å². The first-order valence-corrected chi connectivity index (χ1v) is 7.21. The Bertz CT molecular complexity index is 645. The van der Waals surface area contributed by atoms with E-state index in [2.05, 4.69) is 24.0 Å². The minimum Gasteiger partial charge on any atom is -0.479 e. The standard InChI is InChI=1S/C18H19NO3/c1-3-14-4-8-16(9-5-14)19-12-15-6-10-17(11-7-15)22-13(2)18(20)21/h4-13H,3H2,1-2H3,(H,20,21)/t13-/m0/s1. The summed E-state index contributed by atoms with van der Waals surface area (Å²) in [5.41, 5.74) is 3.11. The number of aliphatic carboxylic acids is 1. The predicted octanol–water partition coefficient (Wildman–Crippen LogP) is 3.85. The number of hydrogen-bond acceptors (Lipinski definition) is 3. The number of carbonyl (C=O) groups is 1. The third-order valence-electron chi connectivity index (χ3n) is 3.25. The number of nitrogens with zero attached hydrogens (tertiary/aromatic N) is 1. The Morgan fingerprint density at radius 3 is 2.36 bits per heavy atom. The van der Waals surface area contributed by atoms with Gasteiger partial charge in [-0.2, -0.15) is 0 Å². The van der Waals surface area contributed by atoms with Gasteiger partial charge < -0.3 is 9.84 Å². The molecule has 0 aromatic heterocycles. The summed E-state index contributed by atoms with van der Waals surface area (Å²) in [7, 11) is 0. The maximum absolute atomic E-state index is 10.7. The van der Waals surface area contributed by atoms with Crippen molar-refractivity contribution in [2.24, 2.45) is 4.99 Å². The topological polar surface area (TPSA) is 58.9 Å². The van der Waals surface area contributed by atoms with Gasteiger partial charge in [-0.25, -0.2) is 4.79 Å². The van der Waals surface area contributed by atoms with Crippen LogP contribution in [0.3, 0.4) is 0 Å². The fourth-order valence-electron chi connectivity index (χ4n) is 1.85. The van der Waals surface area contributed by atoms with Crippen molar-refractivity contribution in [3.63, 3.8) is 0 Å². The molecule has 2 aromatic rings. The zero-order valence-corrected chi connectivity index (χ0v) is 12.7. The van der Waals surface area contributed by atoms with E-state index in [9.17, 15) is 4.79 Å². The van der Waals surface area contributed by atoms with Gasteiger partial charge in [-0.1, -0.05) is 19.1 Å². The Hall–Kier alpha value is -2.62. The highest BCUT2D eigenvalue weighted by molar-refractivity contribution is 5.82. The van der Waals surface area contributed by atoms with Crippen LogP contribution in [0.15, 0.2) is 53.5 Å². The van der Waals surface area contributed by atoms with E-state index >= 15 is 0 Å². The Morgan fingerprint density at radius 1 is 1.18 bits per heavy atom. The number of benzene rings is 2. The van der Waals surface area contributed by atoms with Crippen LogP contribution >= 0.6 is 0 Å². The van der Waals surface area contributed by atoms with E-state index in [1.807, 2.05) is 24.3 Å². The summed E-state index contributed by atoms with van der Waals surface area (Å²) in [5.74, 6) is -0.458. The summed E-state index contributed by atoms with van der Waals surface area (Å²) in [4.78, 5) is 15.1. The van der Waals surface area contributed by atoms with Crippen molar-refractivity contribution in [1.29, 1.82) is 0 Å². The SMILES string of the molecule is CCc1ccc(N=Cc2ccc(O[C@@H](C)C(=O)O)cc2)cc1. The smallest absolute Gasteiger partial charge is 0.344 e. The molecule has 4 nitrogen and oxygen atoms in total. The Balaban J connectivity index is 2.00. The summed E-state index contributed by atoms with van der Waals surface area (Å²) in [5, 5.41) is 8.80. The van der Waals surface area contributed by atoms with Crippen LogP contribution in [0.25, 0.3) is 0 Å². The van der Waals surface area contributed by atoms with Gasteiger partial charge in [0, 0.05) is 6.21 Å². The molecule has 0 bridgehead atoms. The monoisotopic (exact) mass is 297 g/mol. The molecule has 1 atom stereocenters.